The second-order valence-corrected chi connectivity index (χ2v) is 7.04. The molecule has 27 heavy (non-hydrogen) atoms. The Balaban J connectivity index is 1.58. The van der Waals surface area contributed by atoms with Crippen molar-refractivity contribution in [3.63, 3.8) is 0 Å². The van der Waals surface area contributed by atoms with E-state index >= 15 is 0 Å². The molecule has 1 unspecified atom stereocenters. The Labute approximate surface area is 160 Å². The van der Waals surface area contributed by atoms with Gasteiger partial charge in [-0.25, -0.2) is 0 Å². The molecule has 0 radical (unpaired) electrons. The van der Waals surface area contributed by atoms with Crippen molar-refractivity contribution < 1.29 is 9.59 Å². The van der Waals surface area contributed by atoms with Crippen molar-refractivity contribution in [1.29, 1.82) is 0 Å². The summed E-state index contributed by atoms with van der Waals surface area (Å²) in [7, 11) is 0. The number of hydrogen-bond acceptors (Lipinski definition) is 3. The van der Waals surface area contributed by atoms with Crippen molar-refractivity contribution in [3.05, 3.63) is 59.7 Å². The topological polar surface area (TPSA) is 70.2 Å². The molecule has 2 amide bonds. The lowest BCUT2D eigenvalue weighted by atomic mass is 10.0. The summed E-state index contributed by atoms with van der Waals surface area (Å²) in [5.74, 6) is 0.117. The lowest BCUT2D eigenvalue weighted by Gasteiger charge is -2.18. The number of anilines is 2. The molecule has 2 aromatic carbocycles. The van der Waals surface area contributed by atoms with Crippen LogP contribution >= 0.6 is 0 Å². The van der Waals surface area contributed by atoms with Gasteiger partial charge in [-0.1, -0.05) is 43.3 Å². The van der Waals surface area contributed by atoms with Crippen molar-refractivity contribution in [3.8, 4) is 0 Å². The smallest absolute Gasteiger partial charge is 0.238 e. The van der Waals surface area contributed by atoms with Gasteiger partial charge in [0.15, 0.2) is 0 Å². The Morgan fingerprint density at radius 3 is 2.30 bits per heavy atom. The minimum atomic E-state index is -0.0989. The highest BCUT2D eigenvalue weighted by Crippen LogP contribution is 2.31. The van der Waals surface area contributed by atoms with Crippen LogP contribution in [0.25, 0.3) is 0 Å². The van der Waals surface area contributed by atoms with Crippen LogP contribution in [0.4, 0.5) is 11.4 Å². The molecule has 3 rings (SSSR count). The zero-order valence-electron chi connectivity index (χ0n) is 15.9. The van der Waals surface area contributed by atoms with Crippen LogP contribution in [-0.4, -0.2) is 18.4 Å². The monoisotopic (exact) mass is 365 g/mol. The molecule has 0 saturated heterocycles. The van der Waals surface area contributed by atoms with Gasteiger partial charge in [0.2, 0.25) is 11.8 Å². The highest BCUT2D eigenvalue weighted by molar-refractivity contribution is 5.97. The van der Waals surface area contributed by atoms with Crippen molar-refractivity contribution in [1.82, 2.24) is 5.32 Å². The highest BCUT2D eigenvalue weighted by Gasteiger charge is 2.29. The SMILES string of the molecule is CCC(NCC(=O)Nc1cccc(NC(=O)C2CC2)c1C)c1ccccc1. The van der Waals surface area contributed by atoms with Gasteiger partial charge in [-0.3, -0.25) is 9.59 Å². The number of carbonyl (C=O) groups excluding carboxylic acids is 2. The second-order valence-electron chi connectivity index (χ2n) is 7.04. The average Bonchev–Trinajstić information content (AvgIpc) is 3.52. The van der Waals surface area contributed by atoms with Crippen LogP contribution in [0.2, 0.25) is 0 Å². The van der Waals surface area contributed by atoms with Crippen molar-refractivity contribution in [2.45, 2.75) is 39.2 Å². The summed E-state index contributed by atoms with van der Waals surface area (Å²) in [5.41, 5.74) is 3.53. The van der Waals surface area contributed by atoms with E-state index in [-0.39, 0.29) is 30.3 Å². The molecule has 142 valence electrons. The number of nitrogens with one attached hydrogen (secondary N) is 3. The van der Waals surface area contributed by atoms with Gasteiger partial charge in [0.25, 0.3) is 0 Å². The van der Waals surface area contributed by atoms with E-state index in [1.165, 1.54) is 5.56 Å². The maximum absolute atomic E-state index is 12.4. The van der Waals surface area contributed by atoms with Gasteiger partial charge in [-0.05, 0) is 49.4 Å². The molecule has 3 N–H and O–H groups in total. The van der Waals surface area contributed by atoms with Gasteiger partial charge in [0.05, 0.1) is 6.54 Å². The zero-order chi connectivity index (χ0) is 19.2. The van der Waals surface area contributed by atoms with Crippen LogP contribution in [0.15, 0.2) is 48.5 Å². The first-order valence-electron chi connectivity index (χ1n) is 9.57. The lowest BCUT2D eigenvalue weighted by molar-refractivity contribution is -0.117. The van der Waals surface area contributed by atoms with E-state index in [0.717, 1.165) is 36.2 Å². The van der Waals surface area contributed by atoms with Crippen LogP contribution in [-0.2, 0) is 9.59 Å². The summed E-state index contributed by atoms with van der Waals surface area (Å²) in [6, 6.07) is 15.8. The molecule has 5 nitrogen and oxygen atoms in total. The van der Waals surface area contributed by atoms with Crippen molar-refractivity contribution in [2.24, 2.45) is 5.92 Å². The first kappa shape index (κ1) is 19.1. The fourth-order valence-electron chi connectivity index (χ4n) is 3.08. The molecule has 1 aliphatic carbocycles. The number of rotatable bonds is 8. The standard InChI is InChI=1S/C22H27N3O2/c1-3-18(16-8-5-4-6-9-16)23-14-21(26)24-19-10-7-11-20(15(19)2)25-22(27)17-12-13-17/h4-11,17-18,23H,3,12-14H2,1-2H3,(H,24,26)(H,25,27). The largest absolute Gasteiger partial charge is 0.326 e. The van der Waals surface area contributed by atoms with Crippen LogP contribution in [0.1, 0.15) is 43.4 Å². The van der Waals surface area contributed by atoms with Gasteiger partial charge in [0.1, 0.15) is 0 Å². The van der Waals surface area contributed by atoms with Crippen LogP contribution in [0.5, 0.6) is 0 Å². The summed E-state index contributed by atoms with van der Waals surface area (Å²) >= 11 is 0. The lowest BCUT2D eigenvalue weighted by Crippen LogP contribution is -2.31. The zero-order valence-corrected chi connectivity index (χ0v) is 15.9. The van der Waals surface area contributed by atoms with Crippen LogP contribution in [0.3, 0.4) is 0 Å². The minimum Gasteiger partial charge on any atom is -0.326 e. The van der Waals surface area contributed by atoms with Gasteiger partial charge in [-0.2, -0.15) is 0 Å². The van der Waals surface area contributed by atoms with E-state index in [1.807, 2.05) is 43.3 Å². The maximum Gasteiger partial charge on any atom is 0.238 e. The number of carbonyl (C=O) groups is 2. The molecule has 1 aliphatic rings. The summed E-state index contributed by atoms with van der Waals surface area (Å²) < 4.78 is 0. The summed E-state index contributed by atoms with van der Waals surface area (Å²) in [6.07, 6.45) is 2.83. The van der Waals surface area contributed by atoms with Gasteiger partial charge < -0.3 is 16.0 Å². The molecule has 5 heteroatoms. The summed E-state index contributed by atoms with van der Waals surface area (Å²) in [4.78, 5) is 24.4. The molecular weight excluding hydrogens is 338 g/mol. The van der Waals surface area contributed by atoms with Crippen LogP contribution in [0, 0.1) is 12.8 Å². The molecule has 0 heterocycles. The molecule has 0 aliphatic heterocycles. The Hall–Kier alpha value is -2.66. The van der Waals surface area contributed by atoms with Gasteiger partial charge in [-0.15, -0.1) is 0 Å². The van der Waals surface area contributed by atoms with E-state index in [1.54, 1.807) is 0 Å². The minimum absolute atomic E-state index is 0.0666. The highest BCUT2D eigenvalue weighted by atomic mass is 16.2. The molecule has 1 saturated carbocycles. The molecule has 0 spiro atoms. The molecule has 1 atom stereocenters. The van der Waals surface area contributed by atoms with Gasteiger partial charge >= 0.3 is 0 Å². The third kappa shape index (κ3) is 5.17. The fraction of sp³-hybridized carbons (Fsp3) is 0.364. The maximum atomic E-state index is 12.4. The molecule has 0 bridgehead atoms. The Morgan fingerprint density at radius 1 is 1.00 bits per heavy atom. The Bertz CT molecular complexity index is 800. The van der Waals surface area contributed by atoms with E-state index < -0.39 is 0 Å². The predicted molar refractivity (Wildman–Crippen MR) is 109 cm³/mol. The first-order valence-corrected chi connectivity index (χ1v) is 9.57. The number of benzene rings is 2. The average molecular weight is 365 g/mol. The third-order valence-corrected chi connectivity index (χ3v) is 4.93. The van der Waals surface area contributed by atoms with Crippen LogP contribution < -0.4 is 16.0 Å². The molecule has 1 fully saturated rings. The second kappa shape index (κ2) is 8.82. The van der Waals surface area contributed by atoms with E-state index in [0.29, 0.717) is 0 Å². The van der Waals surface area contributed by atoms with E-state index in [2.05, 4.69) is 35.0 Å². The summed E-state index contributed by atoms with van der Waals surface area (Å²) in [5, 5.41) is 9.22. The normalized spacial score (nSPS) is 14.4. The van der Waals surface area contributed by atoms with E-state index in [4.69, 9.17) is 0 Å². The Morgan fingerprint density at radius 2 is 1.67 bits per heavy atom. The third-order valence-electron chi connectivity index (χ3n) is 4.93. The number of hydrogen-bond donors (Lipinski definition) is 3. The predicted octanol–water partition coefficient (Wildman–Crippen LogP) is 4.02. The fourth-order valence-corrected chi connectivity index (χ4v) is 3.08. The van der Waals surface area contributed by atoms with E-state index in [9.17, 15) is 9.59 Å². The van der Waals surface area contributed by atoms with Gasteiger partial charge in [0, 0.05) is 23.3 Å². The summed E-state index contributed by atoms with van der Waals surface area (Å²) in [6.45, 7) is 4.23. The van der Waals surface area contributed by atoms with Crippen molar-refractivity contribution >= 4 is 23.2 Å². The van der Waals surface area contributed by atoms with Crippen molar-refractivity contribution in [2.75, 3.05) is 17.2 Å². The number of amides is 2. The molecular formula is C22H27N3O2. The Kier molecular flexibility index (Phi) is 6.24. The molecule has 0 aromatic heterocycles. The first-order chi connectivity index (χ1) is 13.1. The molecule has 2 aromatic rings. The quantitative estimate of drug-likeness (QED) is 0.662.